The molecular formula is C16H20N2O2. The van der Waals surface area contributed by atoms with Crippen LogP contribution in [-0.4, -0.2) is 28.3 Å². The second-order valence-corrected chi connectivity index (χ2v) is 4.81. The van der Waals surface area contributed by atoms with E-state index in [0.717, 1.165) is 12.1 Å². The second kappa shape index (κ2) is 6.93. The zero-order valence-corrected chi connectivity index (χ0v) is 11.4. The highest BCUT2D eigenvalue weighted by molar-refractivity contribution is 5.53. The summed E-state index contributed by atoms with van der Waals surface area (Å²) >= 11 is 0. The van der Waals surface area contributed by atoms with Gasteiger partial charge in [0, 0.05) is 19.6 Å². The van der Waals surface area contributed by atoms with Crippen molar-refractivity contribution in [3.05, 3.63) is 59.7 Å². The van der Waals surface area contributed by atoms with Crippen LogP contribution < -0.4 is 5.73 Å². The number of nitrogen functional groups attached to an aromatic ring is 1. The summed E-state index contributed by atoms with van der Waals surface area (Å²) < 4.78 is 0. The van der Waals surface area contributed by atoms with Crippen molar-refractivity contribution < 1.29 is 10.2 Å². The monoisotopic (exact) mass is 272 g/mol. The van der Waals surface area contributed by atoms with Crippen LogP contribution in [0.4, 0.5) is 5.69 Å². The Kier molecular flexibility index (Phi) is 4.98. The number of nitrogens with two attached hydrogens (primary N) is 1. The van der Waals surface area contributed by atoms with E-state index >= 15 is 0 Å². The third-order valence-electron chi connectivity index (χ3n) is 3.16. The largest absolute Gasteiger partial charge is 0.506 e. The Labute approximate surface area is 119 Å². The molecular weight excluding hydrogens is 252 g/mol. The van der Waals surface area contributed by atoms with Crippen molar-refractivity contribution in [3.63, 3.8) is 0 Å². The van der Waals surface area contributed by atoms with Crippen LogP contribution in [0.3, 0.4) is 0 Å². The summed E-state index contributed by atoms with van der Waals surface area (Å²) in [6.07, 6.45) is 0. The van der Waals surface area contributed by atoms with Crippen molar-refractivity contribution in [2.24, 2.45) is 0 Å². The van der Waals surface area contributed by atoms with Crippen LogP contribution in [0.1, 0.15) is 11.1 Å². The number of nitrogens with zero attached hydrogens (tertiary/aromatic N) is 1. The van der Waals surface area contributed by atoms with Crippen molar-refractivity contribution >= 4 is 5.69 Å². The summed E-state index contributed by atoms with van der Waals surface area (Å²) in [6.45, 7) is 2.15. The van der Waals surface area contributed by atoms with Gasteiger partial charge in [-0.3, -0.25) is 4.90 Å². The molecule has 0 fully saturated rings. The fourth-order valence-corrected chi connectivity index (χ4v) is 2.16. The molecule has 0 aromatic heterocycles. The Bertz CT molecular complexity index is 543. The molecule has 0 bridgehead atoms. The number of rotatable bonds is 6. The van der Waals surface area contributed by atoms with Gasteiger partial charge in [-0.2, -0.15) is 0 Å². The number of hydrogen-bond acceptors (Lipinski definition) is 4. The summed E-state index contributed by atoms with van der Waals surface area (Å²) in [4.78, 5) is 2.14. The van der Waals surface area contributed by atoms with Gasteiger partial charge in [0.25, 0.3) is 0 Å². The third kappa shape index (κ3) is 3.98. The van der Waals surface area contributed by atoms with Crippen LogP contribution in [0.15, 0.2) is 48.5 Å². The molecule has 0 radical (unpaired) electrons. The van der Waals surface area contributed by atoms with Crippen molar-refractivity contribution in [3.8, 4) is 5.75 Å². The number of phenols is 1. The molecule has 2 rings (SSSR count). The molecule has 20 heavy (non-hydrogen) atoms. The van der Waals surface area contributed by atoms with Gasteiger partial charge in [0.1, 0.15) is 5.75 Å². The number of aliphatic hydroxyl groups excluding tert-OH is 1. The first-order valence-corrected chi connectivity index (χ1v) is 6.63. The van der Waals surface area contributed by atoms with Crippen molar-refractivity contribution in [1.29, 1.82) is 0 Å². The van der Waals surface area contributed by atoms with Crippen LogP contribution in [0.5, 0.6) is 5.75 Å². The Balaban J connectivity index is 2.06. The maximum Gasteiger partial charge on any atom is 0.138 e. The van der Waals surface area contributed by atoms with Gasteiger partial charge in [0.2, 0.25) is 0 Å². The highest BCUT2D eigenvalue weighted by Crippen LogP contribution is 2.21. The van der Waals surface area contributed by atoms with Gasteiger partial charge in [0.15, 0.2) is 0 Å². The lowest BCUT2D eigenvalue weighted by Crippen LogP contribution is -2.26. The number of aromatic hydroxyl groups is 1. The predicted octanol–water partition coefficient (Wildman–Crippen LogP) is 1.97. The quantitative estimate of drug-likeness (QED) is 0.555. The van der Waals surface area contributed by atoms with Crippen LogP contribution >= 0.6 is 0 Å². The highest BCUT2D eigenvalue weighted by Gasteiger charge is 2.08. The van der Waals surface area contributed by atoms with E-state index in [-0.39, 0.29) is 12.4 Å². The smallest absolute Gasteiger partial charge is 0.138 e. The van der Waals surface area contributed by atoms with E-state index in [1.807, 2.05) is 24.3 Å². The van der Waals surface area contributed by atoms with Gasteiger partial charge in [-0.25, -0.2) is 0 Å². The number of benzene rings is 2. The lowest BCUT2D eigenvalue weighted by molar-refractivity contribution is 0.184. The van der Waals surface area contributed by atoms with E-state index in [1.54, 1.807) is 12.1 Å². The standard InChI is InChI=1S/C16H20N2O2/c17-15-10-14(6-7-16(15)20)12-18(8-9-19)11-13-4-2-1-3-5-13/h1-7,10,19-20H,8-9,11-12,17H2. The van der Waals surface area contributed by atoms with Crippen LogP contribution in [0.25, 0.3) is 0 Å². The van der Waals surface area contributed by atoms with Gasteiger partial charge in [-0.05, 0) is 23.3 Å². The summed E-state index contributed by atoms with van der Waals surface area (Å²) in [7, 11) is 0. The van der Waals surface area contributed by atoms with E-state index in [1.165, 1.54) is 5.56 Å². The first-order chi connectivity index (χ1) is 9.69. The number of phenolic OH excluding ortho intramolecular Hbond substituents is 1. The van der Waals surface area contributed by atoms with Gasteiger partial charge in [0.05, 0.1) is 12.3 Å². The highest BCUT2D eigenvalue weighted by atomic mass is 16.3. The molecule has 106 valence electrons. The minimum Gasteiger partial charge on any atom is -0.506 e. The molecule has 0 atom stereocenters. The van der Waals surface area contributed by atoms with Gasteiger partial charge < -0.3 is 15.9 Å². The number of anilines is 1. The molecule has 0 saturated heterocycles. The van der Waals surface area contributed by atoms with Crippen molar-refractivity contribution in [2.75, 3.05) is 18.9 Å². The van der Waals surface area contributed by atoms with E-state index in [4.69, 9.17) is 5.73 Å². The minimum atomic E-state index is 0.102. The molecule has 0 heterocycles. The maximum absolute atomic E-state index is 9.44. The molecule has 4 heteroatoms. The van der Waals surface area contributed by atoms with Crippen molar-refractivity contribution in [2.45, 2.75) is 13.1 Å². The van der Waals surface area contributed by atoms with Gasteiger partial charge in [-0.15, -0.1) is 0 Å². The Morgan fingerprint density at radius 3 is 2.30 bits per heavy atom. The van der Waals surface area contributed by atoms with Gasteiger partial charge >= 0.3 is 0 Å². The molecule has 2 aromatic rings. The Hall–Kier alpha value is -2.04. The van der Waals surface area contributed by atoms with Crippen LogP contribution in [0, 0.1) is 0 Å². The average Bonchev–Trinajstić information content (AvgIpc) is 2.44. The molecule has 0 aliphatic heterocycles. The van der Waals surface area contributed by atoms with Crippen molar-refractivity contribution in [1.82, 2.24) is 4.90 Å². The zero-order valence-electron chi connectivity index (χ0n) is 11.4. The van der Waals surface area contributed by atoms with E-state index in [0.29, 0.717) is 18.8 Å². The first kappa shape index (κ1) is 14.4. The lowest BCUT2D eigenvalue weighted by atomic mass is 10.1. The summed E-state index contributed by atoms with van der Waals surface area (Å²) in [6, 6.07) is 15.3. The molecule has 0 unspecified atom stereocenters. The SMILES string of the molecule is Nc1cc(CN(CCO)Cc2ccccc2)ccc1O. The van der Waals surface area contributed by atoms with E-state index < -0.39 is 0 Å². The maximum atomic E-state index is 9.44. The molecule has 0 aliphatic rings. The molecule has 0 saturated carbocycles. The fraction of sp³-hybridized carbons (Fsp3) is 0.250. The molecule has 2 aromatic carbocycles. The summed E-state index contributed by atoms with van der Waals surface area (Å²) in [5.41, 5.74) is 8.31. The number of aliphatic hydroxyl groups is 1. The van der Waals surface area contributed by atoms with E-state index in [9.17, 15) is 10.2 Å². The first-order valence-electron chi connectivity index (χ1n) is 6.63. The van der Waals surface area contributed by atoms with E-state index in [2.05, 4.69) is 17.0 Å². The average molecular weight is 272 g/mol. The number of hydrogen-bond donors (Lipinski definition) is 3. The Morgan fingerprint density at radius 1 is 0.950 bits per heavy atom. The minimum absolute atomic E-state index is 0.102. The molecule has 0 amide bonds. The molecule has 0 aliphatic carbocycles. The Morgan fingerprint density at radius 2 is 1.65 bits per heavy atom. The summed E-state index contributed by atoms with van der Waals surface area (Å²) in [5, 5.41) is 18.6. The molecule has 4 N–H and O–H groups in total. The second-order valence-electron chi connectivity index (χ2n) is 4.81. The lowest BCUT2D eigenvalue weighted by Gasteiger charge is -2.21. The van der Waals surface area contributed by atoms with Crippen LogP contribution in [0.2, 0.25) is 0 Å². The van der Waals surface area contributed by atoms with Gasteiger partial charge in [-0.1, -0.05) is 36.4 Å². The fourth-order valence-electron chi connectivity index (χ4n) is 2.16. The predicted molar refractivity (Wildman–Crippen MR) is 80.2 cm³/mol. The molecule has 4 nitrogen and oxygen atoms in total. The zero-order chi connectivity index (χ0) is 14.4. The third-order valence-corrected chi connectivity index (χ3v) is 3.16. The normalized spacial score (nSPS) is 10.9. The summed E-state index contributed by atoms with van der Waals surface area (Å²) in [5.74, 6) is 0.102. The topological polar surface area (TPSA) is 69.7 Å². The van der Waals surface area contributed by atoms with Crippen LogP contribution in [-0.2, 0) is 13.1 Å². The molecule has 0 spiro atoms.